The van der Waals surface area contributed by atoms with Gasteiger partial charge in [-0.1, -0.05) is 15.9 Å². The monoisotopic (exact) mass is 351 g/mol. The second-order valence-corrected chi connectivity index (χ2v) is 6.65. The van der Waals surface area contributed by atoms with Gasteiger partial charge in [-0.2, -0.15) is 11.3 Å². The smallest absolute Gasteiger partial charge is 0.337 e. The first-order valence-corrected chi connectivity index (χ1v) is 8.19. The van der Waals surface area contributed by atoms with Crippen LogP contribution in [0.15, 0.2) is 39.5 Å². The minimum atomic E-state index is -0.872. The van der Waals surface area contributed by atoms with Crippen LogP contribution in [0.4, 0.5) is 5.69 Å². The Hall–Kier alpha value is -1.33. The molecule has 1 aliphatic carbocycles. The van der Waals surface area contributed by atoms with Crippen LogP contribution in [0.2, 0.25) is 0 Å². The zero-order valence-electron chi connectivity index (χ0n) is 10.8. The molecule has 20 heavy (non-hydrogen) atoms. The Morgan fingerprint density at radius 3 is 2.80 bits per heavy atom. The van der Waals surface area contributed by atoms with Gasteiger partial charge in [-0.3, -0.25) is 0 Å². The first-order valence-electron chi connectivity index (χ1n) is 6.45. The maximum absolute atomic E-state index is 11.4. The predicted molar refractivity (Wildman–Crippen MR) is 84.6 cm³/mol. The largest absolute Gasteiger partial charge is 0.478 e. The molecule has 3 nitrogen and oxygen atoms in total. The zero-order valence-corrected chi connectivity index (χ0v) is 13.2. The normalized spacial score (nSPS) is 14.2. The van der Waals surface area contributed by atoms with E-state index in [1.807, 2.05) is 6.07 Å². The van der Waals surface area contributed by atoms with Gasteiger partial charge in [0.15, 0.2) is 0 Å². The van der Waals surface area contributed by atoms with Crippen molar-refractivity contribution in [3.05, 3.63) is 50.6 Å². The fraction of sp³-hybridized carbons (Fsp3) is 0.267. The molecule has 0 bridgehead atoms. The molecule has 3 rings (SSSR count). The summed E-state index contributed by atoms with van der Waals surface area (Å²) in [5.74, 6) is -0.872. The first-order chi connectivity index (χ1) is 9.65. The van der Waals surface area contributed by atoms with Gasteiger partial charge < -0.3 is 10.0 Å². The molecule has 1 aliphatic rings. The van der Waals surface area contributed by atoms with Crippen LogP contribution < -0.4 is 4.90 Å². The molecule has 1 N–H and O–H groups in total. The second kappa shape index (κ2) is 5.58. The highest BCUT2D eigenvalue weighted by Gasteiger charge is 2.31. The number of hydrogen-bond donors (Lipinski definition) is 1. The maximum Gasteiger partial charge on any atom is 0.337 e. The van der Waals surface area contributed by atoms with Gasteiger partial charge in [0.2, 0.25) is 0 Å². The van der Waals surface area contributed by atoms with E-state index in [0.717, 1.165) is 29.5 Å². The number of nitrogens with zero attached hydrogens (tertiary/aromatic N) is 1. The van der Waals surface area contributed by atoms with E-state index in [1.54, 1.807) is 23.5 Å². The summed E-state index contributed by atoms with van der Waals surface area (Å²) >= 11 is 5.11. The molecule has 0 radical (unpaired) electrons. The number of carbonyl (C=O) groups is 1. The van der Waals surface area contributed by atoms with Crippen LogP contribution in [0.1, 0.15) is 28.8 Å². The molecule has 0 saturated heterocycles. The lowest BCUT2D eigenvalue weighted by Crippen LogP contribution is -2.26. The quantitative estimate of drug-likeness (QED) is 0.868. The van der Waals surface area contributed by atoms with Gasteiger partial charge in [0.1, 0.15) is 0 Å². The van der Waals surface area contributed by atoms with Crippen LogP contribution in [0.3, 0.4) is 0 Å². The van der Waals surface area contributed by atoms with Crippen LogP contribution >= 0.6 is 27.3 Å². The predicted octanol–water partition coefficient (Wildman–Crippen LogP) is 4.38. The fourth-order valence-electron chi connectivity index (χ4n) is 2.30. The van der Waals surface area contributed by atoms with Gasteiger partial charge in [0.25, 0.3) is 0 Å². The van der Waals surface area contributed by atoms with Crippen LogP contribution in [0.5, 0.6) is 0 Å². The van der Waals surface area contributed by atoms with E-state index in [9.17, 15) is 9.90 Å². The molecule has 1 heterocycles. The molecule has 1 aromatic heterocycles. The van der Waals surface area contributed by atoms with Crippen molar-refractivity contribution in [2.45, 2.75) is 25.4 Å². The summed E-state index contributed by atoms with van der Waals surface area (Å²) in [4.78, 5) is 13.7. The number of rotatable bonds is 5. The van der Waals surface area contributed by atoms with Gasteiger partial charge in [-0.15, -0.1) is 0 Å². The highest BCUT2D eigenvalue weighted by molar-refractivity contribution is 9.10. The van der Waals surface area contributed by atoms with E-state index in [2.05, 4.69) is 37.7 Å². The Morgan fingerprint density at radius 2 is 2.20 bits per heavy atom. The highest BCUT2D eigenvalue weighted by Crippen LogP contribution is 2.36. The van der Waals surface area contributed by atoms with Crippen molar-refractivity contribution in [3.63, 3.8) is 0 Å². The Morgan fingerprint density at radius 1 is 1.40 bits per heavy atom. The SMILES string of the molecule is O=C(O)c1ccc(Br)cc1N(Cc1ccsc1)C1CC1. The van der Waals surface area contributed by atoms with E-state index >= 15 is 0 Å². The van der Waals surface area contributed by atoms with Crippen molar-refractivity contribution >= 4 is 38.9 Å². The van der Waals surface area contributed by atoms with Gasteiger partial charge in [-0.05, 0) is 53.4 Å². The Bertz CT molecular complexity index is 623. The summed E-state index contributed by atoms with van der Waals surface area (Å²) in [5, 5.41) is 13.6. The minimum absolute atomic E-state index is 0.371. The van der Waals surface area contributed by atoms with E-state index in [1.165, 1.54) is 5.56 Å². The lowest BCUT2D eigenvalue weighted by atomic mass is 10.1. The number of aromatic carboxylic acids is 1. The van der Waals surface area contributed by atoms with E-state index in [0.29, 0.717) is 11.6 Å². The summed E-state index contributed by atoms with van der Waals surface area (Å²) < 4.78 is 0.911. The second-order valence-electron chi connectivity index (χ2n) is 4.96. The van der Waals surface area contributed by atoms with Crippen molar-refractivity contribution < 1.29 is 9.90 Å². The van der Waals surface area contributed by atoms with E-state index in [4.69, 9.17) is 0 Å². The molecule has 0 aliphatic heterocycles. The number of halogens is 1. The Balaban J connectivity index is 1.98. The number of hydrogen-bond acceptors (Lipinski definition) is 3. The maximum atomic E-state index is 11.4. The third kappa shape index (κ3) is 2.88. The van der Waals surface area contributed by atoms with Crippen molar-refractivity contribution in [3.8, 4) is 0 Å². The first kappa shape index (κ1) is 13.6. The average molecular weight is 352 g/mol. The van der Waals surface area contributed by atoms with Crippen molar-refractivity contribution in [1.29, 1.82) is 0 Å². The summed E-state index contributed by atoms with van der Waals surface area (Å²) in [6.45, 7) is 0.769. The van der Waals surface area contributed by atoms with E-state index < -0.39 is 5.97 Å². The third-order valence-electron chi connectivity index (χ3n) is 3.42. The number of carboxylic acids is 1. The van der Waals surface area contributed by atoms with E-state index in [-0.39, 0.29) is 0 Å². The van der Waals surface area contributed by atoms with Crippen LogP contribution in [0.25, 0.3) is 0 Å². The highest BCUT2D eigenvalue weighted by atomic mass is 79.9. The molecule has 1 aromatic carbocycles. The molecule has 104 valence electrons. The average Bonchev–Trinajstić information content (AvgIpc) is 3.12. The summed E-state index contributed by atoms with van der Waals surface area (Å²) in [6.07, 6.45) is 2.27. The Labute approximate surface area is 130 Å². The number of carboxylic acid groups (broad SMARTS) is 1. The van der Waals surface area contributed by atoms with Crippen molar-refractivity contribution in [1.82, 2.24) is 0 Å². The number of anilines is 1. The standard InChI is InChI=1S/C15H14BrNO2S/c16-11-1-4-13(15(18)19)14(7-11)17(12-2-3-12)8-10-5-6-20-9-10/h1,4-7,9,12H,2-3,8H2,(H,18,19). The third-order valence-corrected chi connectivity index (χ3v) is 4.65. The molecule has 0 atom stereocenters. The van der Waals surface area contributed by atoms with Crippen molar-refractivity contribution in [2.24, 2.45) is 0 Å². The molecule has 0 amide bonds. The lowest BCUT2D eigenvalue weighted by Gasteiger charge is -2.26. The Kier molecular flexibility index (Phi) is 3.81. The number of benzene rings is 1. The van der Waals surface area contributed by atoms with Crippen LogP contribution in [-0.2, 0) is 6.54 Å². The summed E-state index contributed by atoms with van der Waals surface area (Å²) in [5.41, 5.74) is 2.41. The fourth-order valence-corrected chi connectivity index (χ4v) is 3.31. The molecular weight excluding hydrogens is 338 g/mol. The van der Waals surface area contributed by atoms with Gasteiger partial charge >= 0.3 is 5.97 Å². The molecule has 5 heteroatoms. The molecule has 1 fully saturated rings. The molecule has 0 unspecified atom stereocenters. The van der Waals surface area contributed by atoms with Crippen LogP contribution in [-0.4, -0.2) is 17.1 Å². The van der Waals surface area contributed by atoms with Gasteiger partial charge in [-0.25, -0.2) is 4.79 Å². The van der Waals surface area contributed by atoms with Gasteiger partial charge in [0, 0.05) is 17.1 Å². The van der Waals surface area contributed by atoms with Crippen LogP contribution in [0, 0.1) is 0 Å². The van der Waals surface area contributed by atoms with Crippen molar-refractivity contribution in [2.75, 3.05) is 4.90 Å². The molecular formula is C15H14BrNO2S. The zero-order chi connectivity index (χ0) is 14.1. The lowest BCUT2D eigenvalue weighted by molar-refractivity contribution is 0.0697. The molecule has 0 spiro atoms. The molecule has 1 saturated carbocycles. The topological polar surface area (TPSA) is 40.5 Å². The number of thiophene rings is 1. The summed E-state index contributed by atoms with van der Waals surface area (Å²) in [6, 6.07) is 7.92. The minimum Gasteiger partial charge on any atom is -0.478 e. The van der Waals surface area contributed by atoms with Gasteiger partial charge in [0.05, 0.1) is 11.3 Å². The summed E-state index contributed by atoms with van der Waals surface area (Å²) in [7, 11) is 0. The molecule has 2 aromatic rings.